The third-order valence-corrected chi connectivity index (χ3v) is 4.66. The summed E-state index contributed by atoms with van der Waals surface area (Å²) in [6, 6.07) is 0.00584. The normalized spacial score (nSPS) is 15.8. The van der Waals surface area contributed by atoms with Gasteiger partial charge in [-0.1, -0.05) is 25.2 Å². The van der Waals surface area contributed by atoms with Crippen LogP contribution in [-0.4, -0.2) is 59.1 Å². The predicted octanol–water partition coefficient (Wildman–Crippen LogP) is 2.07. The van der Waals surface area contributed by atoms with Gasteiger partial charge in [-0.25, -0.2) is 4.79 Å². The number of nitrogens with one attached hydrogen (secondary N) is 1. The van der Waals surface area contributed by atoms with Crippen LogP contribution in [0, 0.1) is 11.8 Å². The molecule has 0 atom stereocenters. The van der Waals surface area contributed by atoms with E-state index in [-0.39, 0.29) is 17.9 Å². The number of likely N-dealkylation sites (tertiary alicyclic amines) is 1. The van der Waals surface area contributed by atoms with Gasteiger partial charge >= 0.3 is 6.03 Å². The van der Waals surface area contributed by atoms with Gasteiger partial charge in [0.05, 0.1) is 0 Å². The van der Waals surface area contributed by atoms with Crippen LogP contribution in [-0.2, 0) is 11.2 Å². The van der Waals surface area contributed by atoms with Crippen molar-refractivity contribution in [1.29, 1.82) is 0 Å². The zero-order valence-corrected chi connectivity index (χ0v) is 15.0. The number of carbonyl (C=O) groups excluding carboxylic acids is 2. The zero-order chi connectivity index (χ0) is 17.0. The van der Waals surface area contributed by atoms with Gasteiger partial charge in [-0.2, -0.15) is 0 Å². The molecule has 1 aromatic heterocycles. The molecule has 0 radical (unpaired) electrons. The van der Waals surface area contributed by atoms with Crippen LogP contribution in [0.3, 0.4) is 0 Å². The topological polar surface area (TPSA) is 78.4 Å². The molecular formula is C15H25N5O2S. The lowest BCUT2D eigenvalue weighted by Gasteiger charge is -2.32. The molecule has 3 amide bonds. The number of rotatable bonds is 4. The minimum absolute atomic E-state index is 0.00584. The Morgan fingerprint density at radius 1 is 1.30 bits per heavy atom. The lowest BCUT2D eigenvalue weighted by molar-refractivity contribution is -0.121. The molecule has 1 saturated heterocycles. The average molecular weight is 339 g/mol. The van der Waals surface area contributed by atoms with Crippen molar-refractivity contribution in [3.8, 4) is 0 Å². The third-order valence-electron chi connectivity index (χ3n) is 3.80. The molecule has 7 nitrogen and oxygen atoms in total. The van der Waals surface area contributed by atoms with Crippen LogP contribution in [0.1, 0.15) is 31.7 Å². The first-order valence-corrected chi connectivity index (χ1v) is 8.78. The van der Waals surface area contributed by atoms with E-state index in [0.29, 0.717) is 37.0 Å². The summed E-state index contributed by atoms with van der Waals surface area (Å²) in [4.78, 5) is 27.6. The van der Waals surface area contributed by atoms with Gasteiger partial charge in [0.2, 0.25) is 11.0 Å². The van der Waals surface area contributed by atoms with Crippen molar-refractivity contribution < 1.29 is 9.59 Å². The Hall–Kier alpha value is -1.70. The number of amides is 3. The second kappa shape index (κ2) is 7.72. The van der Waals surface area contributed by atoms with E-state index in [9.17, 15) is 9.59 Å². The number of nitrogens with zero attached hydrogens (tertiary/aromatic N) is 4. The fourth-order valence-corrected chi connectivity index (χ4v) is 3.51. The van der Waals surface area contributed by atoms with E-state index in [2.05, 4.69) is 29.4 Å². The molecule has 128 valence electrons. The smallest absolute Gasteiger partial charge is 0.319 e. The molecule has 1 aromatic rings. The second-order valence-electron chi connectivity index (χ2n) is 6.53. The molecule has 1 fully saturated rings. The van der Waals surface area contributed by atoms with Crippen LogP contribution in [0.2, 0.25) is 0 Å². The van der Waals surface area contributed by atoms with E-state index in [1.165, 1.54) is 11.3 Å². The molecule has 2 rings (SSSR count). The average Bonchev–Trinajstić information content (AvgIpc) is 2.92. The maximum absolute atomic E-state index is 12.3. The lowest BCUT2D eigenvalue weighted by atomic mass is 9.96. The summed E-state index contributed by atoms with van der Waals surface area (Å²) >= 11 is 1.44. The Morgan fingerprint density at radius 2 is 1.96 bits per heavy atom. The van der Waals surface area contributed by atoms with Gasteiger partial charge in [0.15, 0.2) is 0 Å². The van der Waals surface area contributed by atoms with Crippen molar-refractivity contribution >= 4 is 28.4 Å². The standard InChI is InChI=1S/C15H25N5O2S/c1-10(2)9-12-17-18-14(23-12)16-13(21)11-5-7-20(8-6-11)15(22)19(3)4/h10-11H,5-9H2,1-4H3,(H,16,18,21). The Balaban J connectivity index is 1.83. The van der Waals surface area contributed by atoms with Gasteiger partial charge in [-0.05, 0) is 18.8 Å². The molecule has 8 heteroatoms. The van der Waals surface area contributed by atoms with Crippen LogP contribution in [0.5, 0.6) is 0 Å². The number of piperidine rings is 1. The summed E-state index contributed by atoms with van der Waals surface area (Å²) < 4.78 is 0. The fraction of sp³-hybridized carbons (Fsp3) is 0.733. The highest BCUT2D eigenvalue weighted by Crippen LogP contribution is 2.22. The van der Waals surface area contributed by atoms with Crippen LogP contribution in [0.4, 0.5) is 9.93 Å². The summed E-state index contributed by atoms with van der Waals surface area (Å²) in [6.45, 7) is 5.48. The first-order valence-electron chi connectivity index (χ1n) is 7.96. The highest BCUT2D eigenvalue weighted by molar-refractivity contribution is 7.15. The summed E-state index contributed by atoms with van der Waals surface area (Å²) in [6.07, 6.45) is 2.24. The number of aromatic nitrogens is 2. The Kier molecular flexibility index (Phi) is 5.92. The molecule has 1 aliphatic heterocycles. The van der Waals surface area contributed by atoms with E-state index in [4.69, 9.17) is 0 Å². The number of anilines is 1. The maximum atomic E-state index is 12.3. The quantitative estimate of drug-likeness (QED) is 0.911. The molecule has 0 aromatic carbocycles. The van der Waals surface area contributed by atoms with Crippen molar-refractivity contribution in [2.75, 3.05) is 32.5 Å². The van der Waals surface area contributed by atoms with Crippen LogP contribution >= 0.6 is 11.3 Å². The van der Waals surface area contributed by atoms with E-state index < -0.39 is 0 Å². The second-order valence-corrected chi connectivity index (χ2v) is 7.59. The van der Waals surface area contributed by atoms with Crippen molar-refractivity contribution in [3.05, 3.63) is 5.01 Å². The zero-order valence-electron chi connectivity index (χ0n) is 14.2. The Morgan fingerprint density at radius 3 is 2.52 bits per heavy atom. The predicted molar refractivity (Wildman–Crippen MR) is 90.5 cm³/mol. The van der Waals surface area contributed by atoms with E-state index in [1.807, 2.05) is 0 Å². The minimum Gasteiger partial charge on any atom is -0.331 e. The minimum atomic E-state index is -0.0707. The van der Waals surface area contributed by atoms with Crippen LogP contribution in [0.25, 0.3) is 0 Å². The van der Waals surface area contributed by atoms with E-state index in [1.54, 1.807) is 23.9 Å². The molecular weight excluding hydrogens is 314 g/mol. The Bertz CT molecular complexity index is 550. The Labute approximate surface area is 141 Å². The van der Waals surface area contributed by atoms with Gasteiger partial charge in [-0.15, -0.1) is 10.2 Å². The summed E-state index contributed by atoms with van der Waals surface area (Å²) in [5, 5.41) is 12.5. The van der Waals surface area contributed by atoms with Crippen molar-refractivity contribution in [2.45, 2.75) is 33.1 Å². The molecule has 0 unspecified atom stereocenters. The molecule has 0 bridgehead atoms. The number of urea groups is 1. The van der Waals surface area contributed by atoms with Crippen LogP contribution in [0.15, 0.2) is 0 Å². The van der Waals surface area contributed by atoms with Gasteiger partial charge in [0.1, 0.15) is 5.01 Å². The monoisotopic (exact) mass is 339 g/mol. The van der Waals surface area contributed by atoms with Gasteiger partial charge in [0.25, 0.3) is 0 Å². The first-order chi connectivity index (χ1) is 10.9. The van der Waals surface area contributed by atoms with Gasteiger partial charge < -0.3 is 15.1 Å². The highest BCUT2D eigenvalue weighted by Gasteiger charge is 2.28. The molecule has 23 heavy (non-hydrogen) atoms. The third kappa shape index (κ3) is 4.89. The van der Waals surface area contributed by atoms with E-state index >= 15 is 0 Å². The number of carbonyl (C=O) groups is 2. The molecule has 0 aliphatic carbocycles. The summed E-state index contributed by atoms with van der Waals surface area (Å²) in [5.41, 5.74) is 0. The number of hydrogen-bond donors (Lipinski definition) is 1. The summed E-state index contributed by atoms with van der Waals surface area (Å²) in [7, 11) is 3.48. The first kappa shape index (κ1) is 17.7. The molecule has 1 aliphatic rings. The van der Waals surface area contributed by atoms with E-state index in [0.717, 1.165) is 11.4 Å². The maximum Gasteiger partial charge on any atom is 0.319 e. The van der Waals surface area contributed by atoms with Crippen molar-refractivity contribution in [3.63, 3.8) is 0 Å². The molecule has 2 heterocycles. The van der Waals surface area contributed by atoms with Crippen molar-refractivity contribution in [2.24, 2.45) is 11.8 Å². The summed E-state index contributed by atoms with van der Waals surface area (Å²) in [5.74, 6) is 0.429. The fourth-order valence-electron chi connectivity index (χ4n) is 2.56. The van der Waals surface area contributed by atoms with Gasteiger partial charge in [-0.3, -0.25) is 4.79 Å². The highest BCUT2D eigenvalue weighted by atomic mass is 32.1. The molecule has 0 saturated carbocycles. The number of hydrogen-bond acceptors (Lipinski definition) is 5. The molecule has 1 N–H and O–H groups in total. The SMILES string of the molecule is CC(C)Cc1nnc(NC(=O)C2CCN(C(=O)N(C)C)CC2)s1. The van der Waals surface area contributed by atoms with Gasteiger partial charge in [0, 0.05) is 39.5 Å². The molecule has 0 spiro atoms. The van der Waals surface area contributed by atoms with Crippen LogP contribution < -0.4 is 5.32 Å². The largest absolute Gasteiger partial charge is 0.331 e. The lowest BCUT2D eigenvalue weighted by Crippen LogP contribution is -2.45. The van der Waals surface area contributed by atoms with Crippen molar-refractivity contribution in [1.82, 2.24) is 20.0 Å².